The number of amides is 1. The molecule has 17 heavy (non-hydrogen) atoms. The molecule has 0 saturated carbocycles. The molecule has 0 aliphatic heterocycles. The van der Waals surface area contributed by atoms with E-state index in [-0.39, 0.29) is 5.91 Å². The number of nitrogens with one attached hydrogen (secondary N) is 1. The fourth-order valence-corrected chi connectivity index (χ4v) is 2.10. The van der Waals surface area contributed by atoms with Crippen molar-refractivity contribution in [2.24, 2.45) is 7.05 Å². The quantitative estimate of drug-likeness (QED) is 0.925. The number of anilines is 1. The predicted octanol–water partition coefficient (Wildman–Crippen LogP) is 2.74. The van der Waals surface area contributed by atoms with Crippen LogP contribution in [0.25, 0.3) is 0 Å². The fraction of sp³-hybridized carbons (Fsp3) is 0.167. The summed E-state index contributed by atoms with van der Waals surface area (Å²) in [5, 5.41) is 6.79. The van der Waals surface area contributed by atoms with E-state index in [9.17, 15) is 4.79 Å². The number of aryl methyl sites for hydroxylation is 2. The van der Waals surface area contributed by atoms with E-state index < -0.39 is 0 Å². The Balaban J connectivity index is 2.22. The highest BCUT2D eigenvalue weighted by molar-refractivity contribution is 9.10. The van der Waals surface area contributed by atoms with Crippen molar-refractivity contribution in [2.75, 3.05) is 5.32 Å². The second-order valence-electron chi connectivity index (χ2n) is 3.78. The molecule has 1 N–H and O–H groups in total. The van der Waals surface area contributed by atoms with Gasteiger partial charge in [-0.3, -0.25) is 9.48 Å². The highest BCUT2D eigenvalue weighted by Crippen LogP contribution is 2.23. The molecule has 1 heterocycles. The normalized spacial score (nSPS) is 10.3. The van der Waals surface area contributed by atoms with Crippen LogP contribution in [-0.4, -0.2) is 15.7 Å². The summed E-state index contributed by atoms with van der Waals surface area (Å²) in [4.78, 5) is 11.9. The van der Waals surface area contributed by atoms with Gasteiger partial charge in [-0.15, -0.1) is 0 Å². The number of halogens is 1. The maximum atomic E-state index is 11.9. The molecule has 1 amide bonds. The smallest absolute Gasteiger partial charge is 0.273 e. The molecule has 2 aromatic rings. The van der Waals surface area contributed by atoms with Gasteiger partial charge in [0.2, 0.25) is 0 Å². The lowest BCUT2D eigenvalue weighted by Gasteiger charge is -2.08. The molecule has 2 rings (SSSR count). The molecular formula is C12H12BrN3O. The van der Waals surface area contributed by atoms with Crippen molar-refractivity contribution in [1.29, 1.82) is 0 Å². The summed E-state index contributed by atoms with van der Waals surface area (Å²) >= 11 is 3.42. The SMILES string of the molecule is Cc1ccc(NC(=O)c2ccnn2C)c(Br)c1. The summed E-state index contributed by atoms with van der Waals surface area (Å²) in [5.41, 5.74) is 2.41. The summed E-state index contributed by atoms with van der Waals surface area (Å²) in [7, 11) is 1.74. The lowest BCUT2D eigenvalue weighted by Crippen LogP contribution is -2.16. The van der Waals surface area contributed by atoms with E-state index in [0.717, 1.165) is 15.7 Å². The summed E-state index contributed by atoms with van der Waals surface area (Å²) < 4.78 is 2.41. The molecular weight excluding hydrogens is 282 g/mol. The van der Waals surface area contributed by atoms with Gasteiger partial charge in [-0.2, -0.15) is 5.10 Å². The third-order valence-electron chi connectivity index (χ3n) is 2.43. The number of hydrogen-bond donors (Lipinski definition) is 1. The van der Waals surface area contributed by atoms with Crippen LogP contribution < -0.4 is 5.32 Å². The molecule has 4 nitrogen and oxygen atoms in total. The van der Waals surface area contributed by atoms with Crippen LogP contribution in [-0.2, 0) is 7.05 Å². The van der Waals surface area contributed by atoms with Gasteiger partial charge in [0.15, 0.2) is 0 Å². The Bertz CT molecular complexity index is 563. The molecule has 0 aliphatic rings. The van der Waals surface area contributed by atoms with Crippen LogP contribution in [0.3, 0.4) is 0 Å². The van der Waals surface area contributed by atoms with E-state index in [1.54, 1.807) is 19.3 Å². The van der Waals surface area contributed by atoms with Gasteiger partial charge in [-0.05, 0) is 46.6 Å². The molecule has 1 aromatic heterocycles. The molecule has 0 aliphatic carbocycles. The summed E-state index contributed by atoms with van der Waals surface area (Å²) in [6.07, 6.45) is 1.60. The zero-order chi connectivity index (χ0) is 12.4. The Morgan fingerprint density at radius 2 is 2.18 bits per heavy atom. The van der Waals surface area contributed by atoms with Crippen molar-refractivity contribution in [3.63, 3.8) is 0 Å². The van der Waals surface area contributed by atoms with Gasteiger partial charge in [0.05, 0.1) is 5.69 Å². The maximum Gasteiger partial charge on any atom is 0.273 e. The molecule has 0 saturated heterocycles. The molecule has 0 fully saturated rings. The molecule has 5 heteroatoms. The van der Waals surface area contributed by atoms with Gasteiger partial charge in [0, 0.05) is 17.7 Å². The van der Waals surface area contributed by atoms with Crippen molar-refractivity contribution in [3.05, 3.63) is 46.2 Å². The van der Waals surface area contributed by atoms with E-state index in [4.69, 9.17) is 0 Å². The Labute approximate surface area is 108 Å². The van der Waals surface area contributed by atoms with E-state index in [1.807, 2.05) is 25.1 Å². The van der Waals surface area contributed by atoms with Crippen molar-refractivity contribution in [1.82, 2.24) is 9.78 Å². The van der Waals surface area contributed by atoms with Crippen LogP contribution in [0.1, 0.15) is 16.1 Å². The van der Waals surface area contributed by atoms with Crippen molar-refractivity contribution < 1.29 is 4.79 Å². The summed E-state index contributed by atoms with van der Waals surface area (Å²) in [5.74, 6) is -0.172. The van der Waals surface area contributed by atoms with E-state index in [0.29, 0.717) is 5.69 Å². The first-order valence-electron chi connectivity index (χ1n) is 5.13. The van der Waals surface area contributed by atoms with Crippen LogP contribution in [0.4, 0.5) is 5.69 Å². The molecule has 1 aromatic carbocycles. The van der Waals surface area contributed by atoms with E-state index in [1.165, 1.54) is 4.68 Å². The van der Waals surface area contributed by atoms with Crippen molar-refractivity contribution >= 4 is 27.5 Å². The first-order chi connectivity index (χ1) is 8.08. The largest absolute Gasteiger partial charge is 0.320 e. The topological polar surface area (TPSA) is 46.9 Å². The number of rotatable bonds is 2. The van der Waals surface area contributed by atoms with Crippen LogP contribution in [0.15, 0.2) is 34.9 Å². The predicted molar refractivity (Wildman–Crippen MR) is 70.0 cm³/mol. The molecule has 0 spiro atoms. The van der Waals surface area contributed by atoms with Gasteiger partial charge in [-0.1, -0.05) is 6.07 Å². The van der Waals surface area contributed by atoms with Gasteiger partial charge < -0.3 is 5.32 Å². The van der Waals surface area contributed by atoms with E-state index >= 15 is 0 Å². The molecule has 88 valence electrons. The zero-order valence-electron chi connectivity index (χ0n) is 9.57. The molecule has 0 radical (unpaired) electrons. The lowest BCUT2D eigenvalue weighted by atomic mass is 10.2. The third-order valence-corrected chi connectivity index (χ3v) is 3.08. The molecule has 0 atom stereocenters. The molecule has 0 bridgehead atoms. The third kappa shape index (κ3) is 2.55. The first-order valence-corrected chi connectivity index (χ1v) is 5.93. The minimum absolute atomic E-state index is 0.172. The second-order valence-corrected chi connectivity index (χ2v) is 4.63. The van der Waals surface area contributed by atoms with Crippen molar-refractivity contribution in [2.45, 2.75) is 6.92 Å². The number of carbonyl (C=O) groups is 1. The van der Waals surface area contributed by atoms with Crippen molar-refractivity contribution in [3.8, 4) is 0 Å². The number of aromatic nitrogens is 2. The number of hydrogen-bond acceptors (Lipinski definition) is 2. The van der Waals surface area contributed by atoms with Gasteiger partial charge in [0.25, 0.3) is 5.91 Å². The average Bonchev–Trinajstić information content (AvgIpc) is 2.68. The fourth-order valence-electron chi connectivity index (χ4n) is 1.50. The lowest BCUT2D eigenvalue weighted by molar-refractivity contribution is 0.101. The van der Waals surface area contributed by atoms with Gasteiger partial charge in [0.1, 0.15) is 5.69 Å². The van der Waals surface area contributed by atoms with Crippen LogP contribution >= 0.6 is 15.9 Å². The van der Waals surface area contributed by atoms with Crippen LogP contribution in [0, 0.1) is 6.92 Å². The second kappa shape index (κ2) is 4.71. The van der Waals surface area contributed by atoms with Gasteiger partial charge in [-0.25, -0.2) is 0 Å². The average molecular weight is 294 g/mol. The minimum Gasteiger partial charge on any atom is -0.320 e. The van der Waals surface area contributed by atoms with Gasteiger partial charge >= 0.3 is 0 Å². The Hall–Kier alpha value is -1.62. The maximum absolute atomic E-state index is 11.9. The Kier molecular flexibility index (Phi) is 3.28. The summed E-state index contributed by atoms with van der Waals surface area (Å²) in [6.45, 7) is 2.00. The highest BCUT2D eigenvalue weighted by atomic mass is 79.9. The zero-order valence-corrected chi connectivity index (χ0v) is 11.2. The van der Waals surface area contributed by atoms with Crippen LogP contribution in [0.2, 0.25) is 0 Å². The monoisotopic (exact) mass is 293 g/mol. The number of benzene rings is 1. The molecule has 0 unspecified atom stereocenters. The highest BCUT2D eigenvalue weighted by Gasteiger charge is 2.11. The first kappa shape index (κ1) is 11.9. The number of nitrogens with zero attached hydrogens (tertiary/aromatic N) is 2. The Morgan fingerprint density at radius 3 is 2.76 bits per heavy atom. The van der Waals surface area contributed by atoms with E-state index in [2.05, 4.69) is 26.3 Å². The standard InChI is InChI=1S/C12H12BrN3O/c1-8-3-4-10(9(13)7-8)15-12(17)11-5-6-14-16(11)2/h3-7H,1-2H3,(H,15,17). The van der Waals surface area contributed by atoms with Crippen LogP contribution in [0.5, 0.6) is 0 Å². The Morgan fingerprint density at radius 1 is 1.41 bits per heavy atom. The number of carbonyl (C=O) groups excluding carboxylic acids is 1. The summed E-state index contributed by atoms with van der Waals surface area (Å²) in [6, 6.07) is 7.45. The minimum atomic E-state index is -0.172.